The predicted octanol–water partition coefficient (Wildman–Crippen LogP) is 3.79. The molecule has 0 saturated heterocycles. The van der Waals surface area contributed by atoms with E-state index >= 15 is 0 Å². The summed E-state index contributed by atoms with van der Waals surface area (Å²) in [6.45, 7) is 4.19. The van der Waals surface area contributed by atoms with Crippen LogP contribution in [0, 0.1) is 19.9 Å². The fourth-order valence-corrected chi connectivity index (χ4v) is 2.18. The SMILES string of the molecule is COc1[c]ccc(-c2cc(C)cc(C)c2)c1OC. The van der Waals surface area contributed by atoms with Gasteiger partial charge in [0.15, 0.2) is 11.5 Å². The Kier molecular flexibility index (Phi) is 3.56. The summed E-state index contributed by atoms with van der Waals surface area (Å²) in [4.78, 5) is 0. The third-order valence-electron chi connectivity index (χ3n) is 2.86. The van der Waals surface area contributed by atoms with Gasteiger partial charge in [-0.25, -0.2) is 0 Å². The Morgan fingerprint density at radius 2 is 1.61 bits per heavy atom. The molecule has 0 fully saturated rings. The maximum absolute atomic E-state index is 5.45. The van der Waals surface area contributed by atoms with E-state index in [0.717, 1.165) is 16.9 Å². The van der Waals surface area contributed by atoms with E-state index in [9.17, 15) is 0 Å². The molecule has 0 atom stereocenters. The van der Waals surface area contributed by atoms with Crippen LogP contribution >= 0.6 is 0 Å². The Bertz CT molecular complexity index is 539. The lowest BCUT2D eigenvalue weighted by atomic mass is 9.99. The Labute approximate surface area is 108 Å². The summed E-state index contributed by atoms with van der Waals surface area (Å²) in [6, 6.07) is 13.3. The lowest BCUT2D eigenvalue weighted by molar-refractivity contribution is 0.355. The van der Waals surface area contributed by atoms with Crippen LogP contribution in [0.1, 0.15) is 11.1 Å². The molecule has 2 nitrogen and oxygen atoms in total. The maximum atomic E-state index is 5.45. The molecule has 0 saturated carbocycles. The molecule has 18 heavy (non-hydrogen) atoms. The van der Waals surface area contributed by atoms with Gasteiger partial charge in [0.1, 0.15) is 0 Å². The minimum Gasteiger partial charge on any atom is -0.492 e. The third kappa shape index (κ3) is 2.33. The van der Waals surface area contributed by atoms with E-state index in [1.165, 1.54) is 11.1 Å². The topological polar surface area (TPSA) is 18.5 Å². The molecule has 0 aliphatic rings. The van der Waals surface area contributed by atoms with Gasteiger partial charge in [-0.2, -0.15) is 0 Å². The number of aryl methyl sites for hydroxylation is 2. The minimum atomic E-state index is 0.633. The highest BCUT2D eigenvalue weighted by Gasteiger charge is 2.11. The second-order valence-corrected chi connectivity index (χ2v) is 4.33. The zero-order valence-corrected chi connectivity index (χ0v) is 11.2. The zero-order chi connectivity index (χ0) is 13.1. The molecule has 0 amide bonds. The van der Waals surface area contributed by atoms with Crippen LogP contribution in [-0.2, 0) is 0 Å². The van der Waals surface area contributed by atoms with Crippen molar-refractivity contribution in [2.24, 2.45) is 0 Å². The molecule has 2 aromatic rings. The monoisotopic (exact) mass is 241 g/mol. The maximum Gasteiger partial charge on any atom is 0.169 e. The summed E-state index contributed by atoms with van der Waals surface area (Å²) in [5.41, 5.74) is 4.63. The van der Waals surface area contributed by atoms with Crippen LogP contribution in [0.3, 0.4) is 0 Å². The first-order valence-corrected chi connectivity index (χ1v) is 5.87. The van der Waals surface area contributed by atoms with Gasteiger partial charge in [0.2, 0.25) is 0 Å². The molecule has 0 aliphatic heterocycles. The summed E-state index contributed by atoms with van der Waals surface area (Å²) < 4.78 is 10.7. The normalized spacial score (nSPS) is 10.2. The van der Waals surface area contributed by atoms with Crippen molar-refractivity contribution < 1.29 is 9.47 Å². The predicted molar refractivity (Wildman–Crippen MR) is 73.3 cm³/mol. The first-order valence-electron chi connectivity index (χ1n) is 5.87. The van der Waals surface area contributed by atoms with Gasteiger partial charge < -0.3 is 9.47 Å². The Balaban J connectivity index is 2.63. The van der Waals surface area contributed by atoms with E-state index in [0.29, 0.717) is 5.75 Å². The van der Waals surface area contributed by atoms with Gasteiger partial charge in [-0.3, -0.25) is 0 Å². The smallest absolute Gasteiger partial charge is 0.169 e. The molecule has 0 bridgehead atoms. The van der Waals surface area contributed by atoms with Gasteiger partial charge in [-0.05, 0) is 31.5 Å². The number of methoxy groups -OCH3 is 2. The molecule has 0 aromatic heterocycles. The molecule has 0 N–H and O–H groups in total. The van der Waals surface area contributed by atoms with E-state index in [-0.39, 0.29) is 0 Å². The molecule has 0 unspecified atom stereocenters. The molecule has 2 aromatic carbocycles. The second-order valence-electron chi connectivity index (χ2n) is 4.33. The molecular weight excluding hydrogens is 224 g/mol. The van der Waals surface area contributed by atoms with Crippen LogP contribution in [-0.4, -0.2) is 14.2 Å². The van der Waals surface area contributed by atoms with E-state index in [2.05, 4.69) is 38.1 Å². The summed E-state index contributed by atoms with van der Waals surface area (Å²) in [5.74, 6) is 1.36. The minimum absolute atomic E-state index is 0.633. The number of ether oxygens (including phenoxy) is 2. The molecule has 2 heteroatoms. The van der Waals surface area contributed by atoms with Crippen molar-refractivity contribution in [1.29, 1.82) is 0 Å². The first-order chi connectivity index (χ1) is 8.65. The van der Waals surface area contributed by atoms with Crippen molar-refractivity contribution in [2.75, 3.05) is 14.2 Å². The molecule has 1 radical (unpaired) electrons. The molecule has 93 valence electrons. The van der Waals surface area contributed by atoms with Gasteiger partial charge in [0.25, 0.3) is 0 Å². The van der Waals surface area contributed by atoms with Gasteiger partial charge in [-0.15, -0.1) is 0 Å². The summed E-state index contributed by atoms with van der Waals surface area (Å²) in [5, 5.41) is 0. The number of rotatable bonds is 3. The highest BCUT2D eigenvalue weighted by atomic mass is 16.5. The van der Waals surface area contributed by atoms with Crippen LogP contribution in [0.15, 0.2) is 30.3 Å². The summed E-state index contributed by atoms with van der Waals surface area (Å²) >= 11 is 0. The standard InChI is InChI=1S/C16H17O2/c1-11-8-12(2)10-13(9-11)14-6-5-7-15(17-3)16(14)18-4/h5-6,8-10H,1-4H3. The summed E-state index contributed by atoms with van der Waals surface area (Å²) in [7, 11) is 3.28. The third-order valence-corrected chi connectivity index (χ3v) is 2.86. The van der Waals surface area contributed by atoms with Crippen molar-refractivity contribution in [1.82, 2.24) is 0 Å². The van der Waals surface area contributed by atoms with Crippen LogP contribution in [0.5, 0.6) is 11.5 Å². The number of hydrogen-bond donors (Lipinski definition) is 0. The highest BCUT2D eigenvalue weighted by molar-refractivity contribution is 5.74. The van der Waals surface area contributed by atoms with Crippen molar-refractivity contribution in [3.05, 3.63) is 47.5 Å². The number of hydrogen-bond acceptors (Lipinski definition) is 2. The van der Waals surface area contributed by atoms with E-state index < -0.39 is 0 Å². The van der Waals surface area contributed by atoms with Crippen LogP contribution in [0.4, 0.5) is 0 Å². The van der Waals surface area contributed by atoms with Crippen LogP contribution in [0.25, 0.3) is 11.1 Å². The van der Waals surface area contributed by atoms with Crippen molar-refractivity contribution in [3.8, 4) is 22.6 Å². The van der Waals surface area contributed by atoms with Gasteiger partial charge in [0, 0.05) is 11.6 Å². The van der Waals surface area contributed by atoms with E-state index in [1.807, 2.05) is 12.1 Å². The van der Waals surface area contributed by atoms with Gasteiger partial charge in [-0.1, -0.05) is 29.3 Å². The molecule has 0 heterocycles. The average Bonchev–Trinajstić information content (AvgIpc) is 2.36. The molecule has 0 aliphatic carbocycles. The fourth-order valence-electron chi connectivity index (χ4n) is 2.18. The average molecular weight is 241 g/mol. The number of benzene rings is 2. The molecular formula is C16H17O2. The Hall–Kier alpha value is -1.96. The molecule has 0 spiro atoms. The largest absolute Gasteiger partial charge is 0.492 e. The Morgan fingerprint density at radius 1 is 0.944 bits per heavy atom. The van der Waals surface area contributed by atoms with Crippen molar-refractivity contribution >= 4 is 0 Å². The Morgan fingerprint density at radius 3 is 2.17 bits per heavy atom. The van der Waals surface area contributed by atoms with E-state index in [1.54, 1.807) is 14.2 Å². The lowest BCUT2D eigenvalue weighted by Gasteiger charge is -2.13. The van der Waals surface area contributed by atoms with Crippen molar-refractivity contribution in [2.45, 2.75) is 13.8 Å². The van der Waals surface area contributed by atoms with Gasteiger partial charge in [0.05, 0.1) is 14.2 Å². The highest BCUT2D eigenvalue weighted by Crippen LogP contribution is 2.37. The van der Waals surface area contributed by atoms with Crippen molar-refractivity contribution in [3.63, 3.8) is 0 Å². The molecule has 2 rings (SSSR count). The van der Waals surface area contributed by atoms with Gasteiger partial charge >= 0.3 is 0 Å². The van der Waals surface area contributed by atoms with Crippen LogP contribution in [0.2, 0.25) is 0 Å². The van der Waals surface area contributed by atoms with Crippen LogP contribution < -0.4 is 9.47 Å². The zero-order valence-electron chi connectivity index (χ0n) is 11.2. The fraction of sp³-hybridized carbons (Fsp3) is 0.250. The first kappa shape index (κ1) is 12.5. The van der Waals surface area contributed by atoms with E-state index in [4.69, 9.17) is 9.47 Å². The summed E-state index contributed by atoms with van der Waals surface area (Å²) in [6.07, 6.45) is 0. The lowest BCUT2D eigenvalue weighted by Crippen LogP contribution is -1.94. The second kappa shape index (κ2) is 5.13. The quantitative estimate of drug-likeness (QED) is 0.814.